The highest BCUT2D eigenvalue weighted by Gasteiger charge is 2.35. The second-order valence-corrected chi connectivity index (χ2v) is 6.76. The summed E-state index contributed by atoms with van der Waals surface area (Å²) in [5.74, 6) is 0.416. The van der Waals surface area contributed by atoms with E-state index in [-0.39, 0.29) is 11.9 Å². The molecule has 2 heterocycles. The predicted octanol–water partition coefficient (Wildman–Crippen LogP) is 5.58. The summed E-state index contributed by atoms with van der Waals surface area (Å²) in [5, 5.41) is 7.08. The van der Waals surface area contributed by atoms with Crippen molar-refractivity contribution in [3.63, 3.8) is 0 Å². The topological polar surface area (TPSA) is 45.8 Å². The first kappa shape index (κ1) is 16.9. The number of halogens is 2. The minimum absolute atomic E-state index is 0.263. The number of nitrogens with zero attached hydrogens (tertiary/aromatic N) is 2. The van der Waals surface area contributed by atoms with Gasteiger partial charge in [-0.2, -0.15) is 5.10 Å². The maximum atomic E-state index is 13.1. The first-order valence-electron chi connectivity index (χ1n) is 8.08. The molecule has 1 aliphatic heterocycles. The van der Waals surface area contributed by atoms with Crippen LogP contribution in [0.3, 0.4) is 0 Å². The van der Waals surface area contributed by atoms with Crippen LogP contribution in [0.25, 0.3) is 0 Å². The number of amides is 1. The van der Waals surface area contributed by atoms with Crippen LogP contribution in [0, 0.1) is 0 Å². The van der Waals surface area contributed by atoms with Crippen LogP contribution in [-0.2, 0) is 0 Å². The van der Waals surface area contributed by atoms with Crippen molar-refractivity contribution >= 4 is 34.8 Å². The molecule has 1 amide bonds. The van der Waals surface area contributed by atoms with Gasteiger partial charge in [-0.25, -0.2) is 5.01 Å². The summed E-state index contributed by atoms with van der Waals surface area (Å²) in [7, 11) is 0. The number of carbonyl (C=O) groups is 1. The lowest BCUT2D eigenvalue weighted by atomic mass is 10.0. The van der Waals surface area contributed by atoms with E-state index >= 15 is 0 Å². The number of carbonyl (C=O) groups excluding carboxylic acids is 1. The van der Waals surface area contributed by atoms with E-state index in [1.807, 2.05) is 18.2 Å². The minimum Gasteiger partial charge on any atom is -0.467 e. The van der Waals surface area contributed by atoms with Gasteiger partial charge >= 0.3 is 0 Å². The fourth-order valence-corrected chi connectivity index (χ4v) is 3.32. The van der Waals surface area contributed by atoms with Crippen molar-refractivity contribution in [2.75, 3.05) is 0 Å². The number of hydrogen-bond acceptors (Lipinski definition) is 3. The molecule has 130 valence electrons. The Morgan fingerprint density at radius 1 is 1.04 bits per heavy atom. The molecule has 1 aliphatic rings. The van der Waals surface area contributed by atoms with Crippen molar-refractivity contribution < 1.29 is 9.21 Å². The Morgan fingerprint density at radius 2 is 1.81 bits per heavy atom. The van der Waals surface area contributed by atoms with E-state index in [1.54, 1.807) is 48.7 Å². The van der Waals surface area contributed by atoms with Crippen molar-refractivity contribution in [3.8, 4) is 0 Å². The molecule has 2 aromatic carbocycles. The lowest BCUT2D eigenvalue weighted by Crippen LogP contribution is -2.27. The van der Waals surface area contributed by atoms with Gasteiger partial charge in [0.2, 0.25) is 0 Å². The number of furan rings is 1. The molecule has 0 fully saturated rings. The lowest BCUT2D eigenvalue weighted by Gasteiger charge is -2.20. The normalized spacial score (nSPS) is 16.6. The molecule has 26 heavy (non-hydrogen) atoms. The molecular weight excluding hydrogens is 371 g/mol. The third kappa shape index (κ3) is 3.14. The lowest BCUT2D eigenvalue weighted by molar-refractivity contribution is 0.0693. The highest BCUT2D eigenvalue weighted by Crippen LogP contribution is 2.35. The Morgan fingerprint density at radius 3 is 2.50 bits per heavy atom. The Balaban J connectivity index is 1.73. The van der Waals surface area contributed by atoms with Crippen LogP contribution in [0.2, 0.25) is 10.0 Å². The van der Waals surface area contributed by atoms with Gasteiger partial charge in [0.15, 0.2) is 0 Å². The Hall–Kier alpha value is -2.56. The van der Waals surface area contributed by atoms with Gasteiger partial charge in [0.05, 0.1) is 22.6 Å². The first-order chi connectivity index (χ1) is 12.6. The number of hydrogen-bond donors (Lipinski definition) is 0. The van der Waals surface area contributed by atoms with Gasteiger partial charge < -0.3 is 4.42 Å². The largest absolute Gasteiger partial charge is 0.467 e. The summed E-state index contributed by atoms with van der Waals surface area (Å²) in [4.78, 5) is 13.1. The third-order valence-corrected chi connectivity index (χ3v) is 4.85. The molecule has 0 saturated carbocycles. The summed E-state index contributed by atoms with van der Waals surface area (Å²) in [6, 6.07) is 17.7. The van der Waals surface area contributed by atoms with Crippen LogP contribution >= 0.6 is 23.2 Å². The molecule has 3 aromatic rings. The fraction of sp³-hybridized carbons (Fsp3) is 0.100. The molecule has 1 aromatic heterocycles. The van der Waals surface area contributed by atoms with E-state index in [9.17, 15) is 4.79 Å². The Labute approximate surface area is 160 Å². The van der Waals surface area contributed by atoms with E-state index in [0.717, 1.165) is 11.3 Å². The third-order valence-electron chi connectivity index (χ3n) is 4.27. The highest BCUT2D eigenvalue weighted by molar-refractivity contribution is 6.33. The molecule has 0 aliphatic carbocycles. The number of hydrazone groups is 1. The predicted molar refractivity (Wildman–Crippen MR) is 102 cm³/mol. The molecule has 0 radical (unpaired) electrons. The van der Waals surface area contributed by atoms with Crippen LogP contribution in [0.15, 0.2) is 76.4 Å². The second-order valence-electron chi connectivity index (χ2n) is 5.92. The maximum Gasteiger partial charge on any atom is 0.276 e. The van der Waals surface area contributed by atoms with Crippen molar-refractivity contribution in [2.45, 2.75) is 12.5 Å². The quantitative estimate of drug-likeness (QED) is 0.591. The van der Waals surface area contributed by atoms with Crippen molar-refractivity contribution in [3.05, 3.63) is 93.9 Å². The highest BCUT2D eigenvalue weighted by atomic mass is 35.5. The zero-order valence-electron chi connectivity index (χ0n) is 13.6. The zero-order chi connectivity index (χ0) is 18.1. The molecule has 0 bridgehead atoms. The summed E-state index contributed by atoms with van der Waals surface area (Å²) in [5.41, 5.74) is 2.12. The van der Waals surface area contributed by atoms with Crippen LogP contribution in [0.4, 0.5) is 0 Å². The second kappa shape index (κ2) is 6.98. The average Bonchev–Trinajstić information content (AvgIpc) is 3.32. The summed E-state index contributed by atoms with van der Waals surface area (Å²) in [6.45, 7) is 0. The van der Waals surface area contributed by atoms with Gasteiger partial charge in [-0.15, -0.1) is 0 Å². The van der Waals surface area contributed by atoms with Crippen LogP contribution in [0.1, 0.15) is 34.1 Å². The molecule has 1 atom stereocenters. The summed E-state index contributed by atoms with van der Waals surface area (Å²) < 4.78 is 5.55. The smallest absolute Gasteiger partial charge is 0.276 e. The molecule has 0 saturated heterocycles. The van der Waals surface area contributed by atoms with Gasteiger partial charge in [-0.3, -0.25) is 4.79 Å². The molecule has 0 N–H and O–H groups in total. The molecule has 4 rings (SSSR count). The zero-order valence-corrected chi connectivity index (χ0v) is 15.1. The Kier molecular flexibility index (Phi) is 4.53. The van der Waals surface area contributed by atoms with E-state index in [2.05, 4.69) is 5.10 Å². The monoisotopic (exact) mass is 384 g/mol. The van der Waals surface area contributed by atoms with Crippen LogP contribution < -0.4 is 0 Å². The molecule has 0 spiro atoms. The molecular formula is C20H14Cl2N2O2. The van der Waals surface area contributed by atoms with E-state index < -0.39 is 0 Å². The fourth-order valence-electron chi connectivity index (χ4n) is 2.98. The molecule has 4 nitrogen and oxygen atoms in total. The van der Waals surface area contributed by atoms with Crippen molar-refractivity contribution in [2.24, 2.45) is 5.10 Å². The Bertz CT molecular complexity index is 966. The van der Waals surface area contributed by atoms with Gasteiger partial charge in [-0.05, 0) is 42.0 Å². The summed E-state index contributed by atoms with van der Waals surface area (Å²) >= 11 is 12.2. The maximum absolute atomic E-state index is 13.1. The average molecular weight is 385 g/mol. The van der Waals surface area contributed by atoms with Gasteiger partial charge in [0.25, 0.3) is 5.91 Å². The SMILES string of the molecule is O=C(c1ccccc1Cl)N1N=C(c2ccc(Cl)cc2)CC1c1ccco1. The molecule has 1 unspecified atom stereocenters. The van der Waals surface area contributed by atoms with E-state index in [0.29, 0.717) is 27.8 Å². The van der Waals surface area contributed by atoms with Crippen LogP contribution in [-0.4, -0.2) is 16.6 Å². The van der Waals surface area contributed by atoms with Gasteiger partial charge in [-0.1, -0.05) is 47.5 Å². The summed E-state index contributed by atoms with van der Waals surface area (Å²) in [6.07, 6.45) is 2.14. The number of rotatable bonds is 3. The van der Waals surface area contributed by atoms with Crippen LogP contribution in [0.5, 0.6) is 0 Å². The first-order valence-corrected chi connectivity index (χ1v) is 8.84. The number of benzene rings is 2. The molecule has 6 heteroatoms. The standard InChI is InChI=1S/C20H14Cl2N2O2/c21-14-9-7-13(8-10-14)17-12-18(19-6-3-11-26-19)24(23-17)20(25)15-4-1-2-5-16(15)22/h1-11,18H,12H2. The van der Waals surface area contributed by atoms with E-state index in [1.165, 1.54) is 5.01 Å². The van der Waals surface area contributed by atoms with Crippen molar-refractivity contribution in [1.29, 1.82) is 0 Å². The van der Waals surface area contributed by atoms with Gasteiger partial charge in [0.1, 0.15) is 11.8 Å². The van der Waals surface area contributed by atoms with E-state index in [4.69, 9.17) is 27.6 Å². The van der Waals surface area contributed by atoms with Gasteiger partial charge in [0, 0.05) is 11.4 Å². The minimum atomic E-state index is -0.320. The van der Waals surface area contributed by atoms with Crippen molar-refractivity contribution in [1.82, 2.24) is 5.01 Å².